The van der Waals surface area contributed by atoms with Crippen molar-refractivity contribution < 1.29 is 19.7 Å². The summed E-state index contributed by atoms with van der Waals surface area (Å²) in [5.41, 5.74) is 6.05. The minimum atomic E-state index is -0.0488. The van der Waals surface area contributed by atoms with Gasteiger partial charge in [-0.2, -0.15) is 0 Å². The molecule has 2 aliphatic carbocycles. The molecular weight excluding hydrogens is 522 g/mol. The highest BCUT2D eigenvalue weighted by molar-refractivity contribution is 5.95. The van der Waals surface area contributed by atoms with Gasteiger partial charge in [0, 0.05) is 31.2 Å². The number of methoxy groups -OCH3 is 1. The zero-order valence-electron chi connectivity index (χ0n) is 27.2. The van der Waals surface area contributed by atoms with Crippen molar-refractivity contribution >= 4 is 11.5 Å². The number of hydrogen-bond acceptors (Lipinski definition) is 4. The first kappa shape index (κ1) is 33.9. The SMILES string of the molecule is CC.CC[C@@H](C)C/C=C/[C@H](OC)[C@@H]1CC[C@H]1CN1C[C@@]2(CCCc3cc(C)ccc32)COc2ccc(C(C)=O)cc21.O. The molecule has 1 aliphatic heterocycles. The number of aryl methyl sites for hydroxylation is 2. The summed E-state index contributed by atoms with van der Waals surface area (Å²) in [7, 11) is 1.86. The number of anilines is 1. The molecule has 3 aliphatic rings. The molecule has 2 aromatic rings. The van der Waals surface area contributed by atoms with Crippen LogP contribution in [0.25, 0.3) is 0 Å². The highest BCUT2D eigenvalue weighted by Crippen LogP contribution is 2.46. The van der Waals surface area contributed by atoms with Gasteiger partial charge in [0.2, 0.25) is 0 Å². The Kier molecular flexibility index (Phi) is 12.3. The predicted molar refractivity (Wildman–Crippen MR) is 175 cm³/mol. The van der Waals surface area contributed by atoms with Gasteiger partial charge in [-0.05, 0) is 99.5 Å². The molecule has 5 atom stereocenters. The van der Waals surface area contributed by atoms with E-state index in [9.17, 15) is 4.79 Å². The van der Waals surface area contributed by atoms with Crippen LogP contribution < -0.4 is 9.64 Å². The largest absolute Gasteiger partial charge is 0.490 e. The van der Waals surface area contributed by atoms with Crippen LogP contribution in [0.3, 0.4) is 0 Å². The Morgan fingerprint density at radius 3 is 2.64 bits per heavy atom. The maximum absolute atomic E-state index is 12.4. The Hall–Kier alpha value is -2.63. The third kappa shape index (κ3) is 7.29. The molecule has 5 nitrogen and oxygen atoms in total. The van der Waals surface area contributed by atoms with Gasteiger partial charge in [-0.1, -0.05) is 70.0 Å². The topological polar surface area (TPSA) is 70.3 Å². The van der Waals surface area contributed by atoms with Crippen LogP contribution in [0, 0.1) is 24.7 Å². The lowest BCUT2D eigenvalue weighted by Gasteiger charge is -2.46. The molecule has 5 heteroatoms. The van der Waals surface area contributed by atoms with Crippen LogP contribution in [-0.4, -0.2) is 44.2 Å². The second kappa shape index (κ2) is 15.2. The fourth-order valence-electron chi connectivity index (χ4n) is 7.04. The monoisotopic (exact) mass is 577 g/mol. The number of allylic oxidation sites excluding steroid dienone is 1. The Bertz CT molecular complexity index is 1210. The molecule has 1 spiro atoms. The molecule has 1 saturated carbocycles. The van der Waals surface area contributed by atoms with Gasteiger partial charge in [0.25, 0.3) is 0 Å². The van der Waals surface area contributed by atoms with Crippen LogP contribution in [0.4, 0.5) is 5.69 Å². The molecule has 2 N–H and O–H groups in total. The summed E-state index contributed by atoms with van der Waals surface area (Å²) in [5, 5.41) is 0. The molecule has 0 radical (unpaired) electrons. The molecule has 2 aromatic carbocycles. The smallest absolute Gasteiger partial charge is 0.159 e. The van der Waals surface area contributed by atoms with Crippen LogP contribution >= 0.6 is 0 Å². The first-order chi connectivity index (χ1) is 19.8. The van der Waals surface area contributed by atoms with Gasteiger partial charge in [-0.15, -0.1) is 0 Å². The maximum atomic E-state index is 12.4. The summed E-state index contributed by atoms with van der Waals surface area (Å²) >= 11 is 0. The van der Waals surface area contributed by atoms with Gasteiger partial charge in [0.15, 0.2) is 5.78 Å². The van der Waals surface area contributed by atoms with Gasteiger partial charge in [-0.3, -0.25) is 4.79 Å². The minimum Gasteiger partial charge on any atom is -0.490 e. The van der Waals surface area contributed by atoms with Crippen molar-refractivity contribution in [2.75, 3.05) is 31.7 Å². The van der Waals surface area contributed by atoms with E-state index in [2.05, 4.69) is 62.1 Å². The first-order valence-corrected chi connectivity index (χ1v) is 16.2. The fraction of sp³-hybridized carbons (Fsp3) is 0.595. The van der Waals surface area contributed by atoms with Crippen molar-refractivity contribution in [3.63, 3.8) is 0 Å². The summed E-state index contributed by atoms with van der Waals surface area (Å²) in [5.74, 6) is 2.78. The Labute approximate surface area is 255 Å². The number of benzene rings is 2. The average molecular weight is 578 g/mol. The third-order valence-electron chi connectivity index (χ3n) is 9.82. The third-order valence-corrected chi connectivity index (χ3v) is 9.82. The molecule has 0 bridgehead atoms. The van der Waals surface area contributed by atoms with Crippen molar-refractivity contribution in [3.8, 4) is 5.75 Å². The number of nitrogens with zero attached hydrogens (tertiary/aromatic N) is 1. The molecule has 232 valence electrons. The van der Waals surface area contributed by atoms with Crippen LogP contribution in [-0.2, 0) is 16.6 Å². The van der Waals surface area contributed by atoms with E-state index in [1.807, 2.05) is 33.1 Å². The van der Waals surface area contributed by atoms with Crippen LogP contribution in [0.15, 0.2) is 48.6 Å². The van der Waals surface area contributed by atoms with Crippen molar-refractivity contribution in [2.45, 2.75) is 98.0 Å². The van der Waals surface area contributed by atoms with Crippen molar-refractivity contribution in [1.82, 2.24) is 0 Å². The molecule has 5 rings (SSSR count). The van der Waals surface area contributed by atoms with Crippen LogP contribution in [0.2, 0.25) is 0 Å². The van der Waals surface area contributed by atoms with Crippen LogP contribution in [0.5, 0.6) is 5.75 Å². The lowest BCUT2D eigenvalue weighted by atomic mass is 9.68. The molecule has 42 heavy (non-hydrogen) atoms. The van der Waals surface area contributed by atoms with E-state index in [4.69, 9.17) is 9.47 Å². The summed E-state index contributed by atoms with van der Waals surface area (Å²) in [6.45, 7) is 15.0. The maximum Gasteiger partial charge on any atom is 0.159 e. The number of ether oxygens (including phenoxy) is 2. The zero-order chi connectivity index (χ0) is 29.6. The highest BCUT2D eigenvalue weighted by Gasteiger charge is 2.44. The second-order valence-corrected chi connectivity index (χ2v) is 12.6. The first-order valence-electron chi connectivity index (χ1n) is 16.2. The molecule has 1 fully saturated rings. The zero-order valence-corrected chi connectivity index (χ0v) is 27.2. The number of carbonyl (C=O) groups excluding carboxylic acids is 1. The van der Waals surface area contributed by atoms with Gasteiger partial charge >= 0.3 is 0 Å². The van der Waals surface area contributed by atoms with Gasteiger partial charge in [-0.25, -0.2) is 0 Å². The van der Waals surface area contributed by atoms with Crippen molar-refractivity contribution in [1.29, 1.82) is 0 Å². The molecular formula is C37H55NO4. The molecule has 0 unspecified atom stereocenters. The minimum absolute atomic E-state index is 0. The number of Topliss-reactive ketones (excluding diaryl/α,β-unsaturated/α-hetero) is 1. The summed E-state index contributed by atoms with van der Waals surface area (Å²) in [4.78, 5) is 14.9. The van der Waals surface area contributed by atoms with Gasteiger partial charge in [0.05, 0.1) is 18.4 Å². The Morgan fingerprint density at radius 2 is 1.98 bits per heavy atom. The normalized spacial score (nSPS) is 24.1. The quantitative estimate of drug-likeness (QED) is 0.224. The second-order valence-electron chi connectivity index (χ2n) is 12.6. The van der Waals surface area contributed by atoms with Crippen molar-refractivity contribution in [2.24, 2.45) is 17.8 Å². The number of ketones is 1. The standard InChI is InChI=1S/C35H47NO3.C2H6.H2O/c1-6-24(2)9-7-11-33(38-5)30-15-13-29(30)21-36-22-35(18-8-10-28-19-25(3)12-16-31(28)35)23-39-34-17-14-27(26(4)37)20-32(34)36;1-2;/h7,11-12,14,16-17,19-20,24,29-30,33H,6,8-10,13,15,18,21-23H2,1-5H3;1-2H3;1H2/b11-7+;;/t24-,29+,30-,33+,35+;;/m1../s1. The van der Waals surface area contributed by atoms with E-state index < -0.39 is 0 Å². The number of rotatable bonds is 9. The van der Waals surface area contributed by atoms with Crippen molar-refractivity contribution in [3.05, 3.63) is 70.8 Å². The van der Waals surface area contributed by atoms with E-state index in [1.165, 1.54) is 42.4 Å². The molecule has 0 aromatic heterocycles. The lowest BCUT2D eigenvalue weighted by molar-refractivity contribution is 0.0131. The highest BCUT2D eigenvalue weighted by atomic mass is 16.5. The van der Waals surface area contributed by atoms with Gasteiger partial charge < -0.3 is 19.8 Å². The number of hydrogen-bond donors (Lipinski definition) is 0. The van der Waals surface area contributed by atoms with E-state index in [-0.39, 0.29) is 22.8 Å². The average Bonchev–Trinajstić information content (AvgIpc) is 3.12. The number of carbonyl (C=O) groups is 1. The lowest BCUT2D eigenvalue weighted by Crippen LogP contribution is -2.49. The molecule has 0 amide bonds. The van der Waals surface area contributed by atoms with E-state index in [1.54, 1.807) is 6.92 Å². The summed E-state index contributed by atoms with van der Waals surface area (Å²) in [6, 6.07) is 13.0. The Morgan fingerprint density at radius 1 is 1.19 bits per heavy atom. The summed E-state index contributed by atoms with van der Waals surface area (Å²) in [6.07, 6.45) is 13.0. The fourth-order valence-corrected chi connectivity index (χ4v) is 7.04. The molecule has 1 heterocycles. The predicted octanol–water partition coefficient (Wildman–Crippen LogP) is 7.91. The van der Waals surface area contributed by atoms with E-state index in [0.29, 0.717) is 24.4 Å². The van der Waals surface area contributed by atoms with E-state index in [0.717, 1.165) is 49.4 Å². The Balaban J connectivity index is 0.00000158. The van der Waals surface area contributed by atoms with Gasteiger partial charge in [0.1, 0.15) is 5.75 Å². The molecule has 0 saturated heterocycles. The summed E-state index contributed by atoms with van der Waals surface area (Å²) < 4.78 is 12.6. The number of fused-ring (bicyclic) bond motifs is 3. The van der Waals surface area contributed by atoms with E-state index >= 15 is 0 Å². The van der Waals surface area contributed by atoms with Crippen LogP contribution in [0.1, 0.15) is 100 Å².